The van der Waals surface area contributed by atoms with Crippen molar-refractivity contribution in [3.8, 4) is 5.75 Å². The lowest BCUT2D eigenvalue weighted by atomic mass is 10.3. The molecular formula is C15H16BrNO3S. The molecule has 21 heavy (non-hydrogen) atoms. The monoisotopic (exact) mass is 369 g/mol. The summed E-state index contributed by atoms with van der Waals surface area (Å²) in [6.07, 6.45) is 0. The Balaban J connectivity index is 2.46. The summed E-state index contributed by atoms with van der Waals surface area (Å²) in [5, 5.41) is 0. The Morgan fingerprint density at radius 2 is 1.81 bits per heavy atom. The molecule has 0 heterocycles. The van der Waals surface area contributed by atoms with Gasteiger partial charge in [-0.1, -0.05) is 22.0 Å². The number of hydrogen-bond donors (Lipinski definition) is 0. The third kappa shape index (κ3) is 3.39. The Labute approximate surface area is 133 Å². The fourth-order valence-corrected chi connectivity index (χ4v) is 3.72. The highest BCUT2D eigenvalue weighted by Crippen LogP contribution is 2.27. The topological polar surface area (TPSA) is 46.6 Å². The number of hydrogen-bond acceptors (Lipinski definition) is 3. The van der Waals surface area contributed by atoms with Crippen LogP contribution in [0.2, 0.25) is 0 Å². The van der Waals surface area contributed by atoms with Crippen molar-refractivity contribution in [3.63, 3.8) is 0 Å². The standard InChI is InChI=1S/C15H16BrNO3S/c1-3-17(13-5-4-6-14(11-13)20-2)21(18,19)15-9-7-12(16)8-10-15/h4-11H,3H2,1-2H3. The van der Waals surface area contributed by atoms with Crippen molar-refractivity contribution in [2.45, 2.75) is 11.8 Å². The number of sulfonamides is 1. The van der Waals surface area contributed by atoms with Crippen LogP contribution in [0.25, 0.3) is 0 Å². The predicted octanol–water partition coefficient (Wildman–Crippen LogP) is 3.67. The van der Waals surface area contributed by atoms with E-state index in [1.165, 1.54) is 4.31 Å². The van der Waals surface area contributed by atoms with Gasteiger partial charge in [-0.2, -0.15) is 0 Å². The molecule has 2 rings (SSSR count). The van der Waals surface area contributed by atoms with E-state index >= 15 is 0 Å². The summed E-state index contributed by atoms with van der Waals surface area (Å²) in [7, 11) is -2.03. The Morgan fingerprint density at radius 3 is 2.38 bits per heavy atom. The molecule has 6 heteroatoms. The normalized spacial score (nSPS) is 11.2. The van der Waals surface area contributed by atoms with E-state index in [9.17, 15) is 8.42 Å². The van der Waals surface area contributed by atoms with Crippen LogP contribution in [0.4, 0.5) is 5.69 Å². The zero-order valence-electron chi connectivity index (χ0n) is 11.8. The van der Waals surface area contributed by atoms with Crippen LogP contribution in [-0.2, 0) is 10.0 Å². The first-order valence-electron chi connectivity index (χ1n) is 6.41. The summed E-state index contributed by atoms with van der Waals surface area (Å²) in [5.41, 5.74) is 0.583. The first kappa shape index (κ1) is 15.9. The number of benzene rings is 2. The van der Waals surface area contributed by atoms with E-state index in [-0.39, 0.29) is 4.90 Å². The number of nitrogens with zero attached hydrogens (tertiary/aromatic N) is 1. The van der Waals surface area contributed by atoms with E-state index in [2.05, 4.69) is 15.9 Å². The van der Waals surface area contributed by atoms with Gasteiger partial charge in [0.2, 0.25) is 0 Å². The van der Waals surface area contributed by atoms with E-state index in [4.69, 9.17) is 4.74 Å². The summed E-state index contributed by atoms with van der Waals surface area (Å²) in [4.78, 5) is 0.260. The van der Waals surface area contributed by atoms with Gasteiger partial charge in [0.1, 0.15) is 5.75 Å². The van der Waals surface area contributed by atoms with Crippen molar-refractivity contribution >= 4 is 31.6 Å². The SMILES string of the molecule is CCN(c1cccc(OC)c1)S(=O)(=O)c1ccc(Br)cc1. The minimum absolute atomic E-state index is 0.260. The van der Waals surface area contributed by atoms with Crippen LogP contribution in [0, 0.1) is 0 Å². The van der Waals surface area contributed by atoms with Crippen LogP contribution in [0.5, 0.6) is 5.75 Å². The molecule has 0 unspecified atom stereocenters. The predicted molar refractivity (Wildman–Crippen MR) is 87.3 cm³/mol. The van der Waals surface area contributed by atoms with Gasteiger partial charge in [-0.15, -0.1) is 0 Å². The fourth-order valence-electron chi connectivity index (χ4n) is 1.99. The van der Waals surface area contributed by atoms with Gasteiger partial charge in [0.15, 0.2) is 0 Å². The number of anilines is 1. The maximum Gasteiger partial charge on any atom is 0.264 e. The van der Waals surface area contributed by atoms with E-state index < -0.39 is 10.0 Å². The molecule has 0 aliphatic carbocycles. The van der Waals surface area contributed by atoms with Crippen LogP contribution < -0.4 is 9.04 Å². The minimum atomic E-state index is -3.59. The van der Waals surface area contributed by atoms with Crippen molar-refractivity contribution in [3.05, 3.63) is 53.0 Å². The molecule has 0 N–H and O–H groups in total. The average molecular weight is 370 g/mol. The lowest BCUT2D eigenvalue weighted by Crippen LogP contribution is -2.30. The second kappa shape index (κ2) is 6.49. The van der Waals surface area contributed by atoms with Crippen molar-refractivity contribution in [1.82, 2.24) is 0 Å². The molecule has 4 nitrogen and oxygen atoms in total. The quantitative estimate of drug-likeness (QED) is 0.807. The Hall–Kier alpha value is -1.53. The molecule has 0 amide bonds. The van der Waals surface area contributed by atoms with Crippen LogP contribution in [0.1, 0.15) is 6.92 Å². The van der Waals surface area contributed by atoms with Gasteiger partial charge in [-0.25, -0.2) is 8.42 Å². The van der Waals surface area contributed by atoms with Crippen molar-refractivity contribution < 1.29 is 13.2 Å². The zero-order chi connectivity index (χ0) is 15.5. The largest absolute Gasteiger partial charge is 0.497 e. The Bertz CT molecular complexity index is 714. The first-order chi connectivity index (χ1) is 9.98. The highest BCUT2D eigenvalue weighted by Gasteiger charge is 2.23. The summed E-state index contributed by atoms with van der Waals surface area (Å²) in [6.45, 7) is 2.14. The van der Waals surface area contributed by atoms with Crippen LogP contribution >= 0.6 is 15.9 Å². The second-order valence-electron chi connectivity index (χ2n) is 4.33. The molecule has 0 saturated heterocycles. The smallest absolute Gasteiger partial charge is 0.264 e. The van der Waals surface area contributed by atoms with E-state index in [1.54, 1.807) is 62.6 Å². The first-order valence-corrected chi connectivity index (χ1v) is 8.64. The van der Waals surface area contributed by atoms with Gasteiger partial charge >= 0.3 is 0 Å². The van der Waals surface area contributed by atoms with Gasteiger partial charge in [0.05, 0.1) is 17.7 Å². The fraction of sp³-hybridized carbons (Fsp3) is 0.200. The number of methoxy groups -OCH3 is 1. The zero-order valence-corrected chi connectivity index (χ0v) is 14.2. The van der Waals surface area contributed by atoms with Gasteiger partial charge in [-0.3, -0.25) is 4.31 Å². The third-order valence-electron chi connectivity index (χ3n) is 3.03. The Morgan fingerprint density at radius 1 is 1.14 bits per heavy atom. The highest BCUT2D eigenvalue weighted by molar-refractivity contribution is 9.10. The third-order valence-corrected chi connectivity index (χ3v) is 5.48. The number of halogens is 1. The highest BCUT2D eigenvalue weighted by atomic mass is 79.9. The van der Waals surface area contributed by atoms with Gasteiger partial charge < -0.3 is 4.74 Å². The van der Waals surface area contributed by atoms with Crippen LogP contribution in [0.3, 0.4) is 0 Å². The van der Waals surface area contributed by atoms with Crippen LogP contribution in [0.15, 0.2) is 57.9 Å². The van der Waals surface area contributed by atoms with Gasteiger partial charge in [-0.05, 0) is 43.3 Å². The average Bonchev–Trinajstić information content (AvgIpc) is 2.48. The molecule has 0 bridgehead atoms. The molecule has 2 aromatic rings. The molecule has 0 fully saturated rings. The summed E-state index contributed by atoms with van der Waals surface area (Å²) in [5.74, 6) is 0.622. The summed E-state index contributed by atoms with van der Waals surface area (Å²) < 4.78 is 32.8. The summed E-state index contributed by atoms with van der Waals surface area (Å²) in [6, 6.07) is 13.6. The number of ether oxygens (including phenoxy) is 1. The molecule has 2 aromatic carbocycles. The minimum Gasteiger partial charge on any atom is -0.497 e. The van der Waals surface area contributed by atoms with E-state index in [1.807, 2.05) is 0 Å². The molecule has 0 atom stereocenters. The van der Waals surface area contributed by atoms with Crippen molar-refractivity contribution in [2.75, 3.05) is 18.0 Å². The maximum atomic E-state index is 12.7. The van der Waals surface area contributed by atoms with Crippen LogP contribution in [-0.4, -0.2) is 22.1 Å². The Kier molecular flexibility index (Phi) is 4.90. The molecule has 0 spiro atoms. The lowest BCUT2D eigenvalue weighted by molar-refractivity contribution is 0.415. The molecule has 0 aromatic heterocycles. The second-order valence-corrected chi connectivity index (χ2v) is 7.10. The van der Waals surface area contributed by atoms with Crippen molar-refractivity contribution in [2.24, 2.45) is 0 Å². The maximum absolute atomic E-state index is 12.7. The molecule has 112 valence electrons. The van der Waals surface area contributed by atoms with Gasteiger partial charge in [0.25, 0.3) is 10.0 Å². The van der Waals surface area contributed by atoms with E-state index in [0.29, 0.717) is 18.0 Å². The summed E-state index contributed by atoms with van der Waals surface area (Å²) >= 11 is 3.31. The molecule has 0 aliphatic heterocycles. The molecular weight excluding hydrogens is 354 g/mol. The molecule has 0 aliphatic rings. The van der Waals surface area contributed by atoms with Gasteiger partial charge in [0, 0.05) is 17.1 Å². The molecule has 0 saturated carbocycles. The number of rotatable bonds is 5. The van der Waals surface area contributed by atoms with E-state index in [0.717, 1.165) is 4.47 Å². The molecule has 0 radical (unpaired) electrons. The van der Waals surface area contributed by atoms with Crippen molar-refractivity contribution in [1.29, 1.82) is 0 Å². The lowest BCUT2D eigenvalue weighted by Gasteiger charge is -2.23.